The van der Waals surface area contributed by atoms with Gasteiger partial charge in [0.05, 0.1) is 40.3 Å². The van der Waals surface area contributed by atoms with Crippen LogP contribution in [0.1, 0.15) is 36.6 Å². The smallest absolute Gasteiger partial charge is 0.406 e. The highest BCUT2D eigenvalue weighted by Crippen LogP contribution is 2.44. The van der Waals surface area contributed by atoms with Gasteiger partial charge in [0.2, 0.25) is 5.95 Å². The van der Waals surface area contributed by atoms with E-state index in [-0.39, 0.29) is 24.3 Å². The first kappa shape index (κ1) is 28.5. The zero-order valence-corrected chi connectivity index (χ0v) is 23.2. The molecular weight excluding hydrogens is 573 g/mol. The Kier molecular flexibility index (Phi) is 7.64. The predicted octanol–water partition coefficient (Wildman–Crippen LogP) is 4.43. The van der Waals surface area contributed by atoms with Crippen LogP contribution in [0.3, 0.4) is 0 Å². The predicted molar refractivity (Wildman–Crippen MR) is 150 cm³/mol. The van der Waals surface area contributed by atoms with Crippen LogP contribution in [-0.4, -0.2) is 66.5 Å². The van der Waals surface area contributed by atoms with Crippen LogP contribution in [0, 0.1) is 18.8 Å². The van der Waals surface area contributed by atoms with Crippen LogP contribution in [0.2, 0.25) is 0 Å². The number of fused-ring (bicyclic) bond motifs is 1. The Balaban J connectivity index is 1.34. The van der Waals surface area contributed by atoms with Crippen molar-refractivity contribution in [3.05, 3.63) is 54.0 Å². The molecule has 0 bridgehead atoms. The zero-order chi connectivity index (χ0) is 29.6. The van der Waals surface area contributed by atoms with Crippen LogP contribution in [0.5, 0.6) is 5.75 Å². The third-order valence-corrected chi connectivity index (χ3v) is 8.76. The summed E-state index contributed by atoms with van der Waals surface area (Å²) in [6.07, 6.45) is -1.43. The summed E-state index contributed by atoms with van der Waals surface area (Å²) in [5.74, 6) is 0.149. The lowest BCUT2D eigenvalue weighted by Crippen LogP contribution is -2.35. The van der Waals surface area contributed by atoms with E-state index in [1.807, 2.05) is 13.0 Å². The molecule has 6 rings (SSSR count). The number of aliphatic hydroxyl groups excluding tert-OH is 3. The lowest BCUT2D eigenvalue weighted by Gasteiger charge is -2.23. The van der Waals surface area contributed by atoms with E-state index in [4.69, 9.17) is 15.0 Å². The molecule has 222 valence electrons. The topological polar surface area (TPSA) is 146 Å². The molecule has 3 heterocycles. The molecule has 42 heavy (non-hydrogen) atoms. The summed E-state index contributed by atoms with van der Waals surface area (Å²) in [7, 11) is 0. The van der Waals surface area contributed by atoms with Crippen LogP contribution in [0.15, 0.2) is 42.7 Å². The number of aryl methyl sites for hydroxylation is 1. The Morgan fingerprint density at radius 1 is 1.07 bits per heavy atom. The van der Waals surface area contributed by atoms with E-state index < -0.39 is 30.5 Å². The molecule has 3 aromatic heterocycles. The number of nitrogens with one attached hydrogen (secondary N) is 2. The number of anilines is 2. The molecule has 14 heteroatoms. The monoisotopic (exact) mass is 602 g/mol. The molecule has 5 N–H and O–H groups in total. The molecular formula is C28H29F3N6O4S. The second kappa shape index (κ2) is 11.2. The summed E-state index contributed by atoms with van der Waals surface area (Å²) in [5, 5.41) is 38.1. The minimum Gasteiger partial charge on any atom is -0.406 e. The third-order valence-electron chi connectivity index (χ3n) is 7.70. The number of aliphatic hydroxyl groups is 3. The number of ether oxygens (including phenoxy) is 1. The second-order valence-corrected chi connectivity index (χ2v) is 11.7. The molecule has 0 amide bonds. The van der Waals surface area contributed by atoms with E-state index in [0.717, 1.165) is 23.1 Å². The van der Waals surface area contributed by atoms with Crippen molar-refractivity contribution in [1.82, 2.24) is 19.9 Å². The largest absolute Gasteiger partial charge is 0.573 e. The van der Waals surface area contributed by atoms with E-state index in [0.29, 0.717) is 40.0 Å². The minimum atomic E-state index is -4.77. The van der Waals surface area contributed by atoms with Crippen molar-refractivity contribution in [3.63, 3.8) is 0 Å². The van der Waals surface area contributed by atoms with Crippen LogP contribution in [0.4, 0.5) is 24.9 Å². The number of rotatable bonds is 9. The number of thiazole rings is 1. The van der Waals surface area contributed by atoms with E-state index in [9.17, 15) is 28.5 Å². The van der Waals surface area contributed by atoms with Gasteiger partial charge in [0, 0.05) is 18.7 Å². The Labute approximate surface area is 242 Å². The normalized spacial score (nSPS) is 23.2. The highest BCUT2D eigenvalue weighted by molar-refractivity contribution is 7.21. The van der Waals surface area contributed by atoms with Crippen molar-refractivity contribution < 1.29 is 33.2 Å². The lowest BCUT2D eigenvalue weighted by atomic mass is 10.0. The maximum absolute atomic E-state index is 12.6. The summed E-state index contributed by atoms with van der Waals surface area (Å²) in [6.45, 7) is 1.56. The van der Waals surface area contributed by atoms with E-state index in [2.05, 4.69) is 20.4 Å². The molecule has 0 spiro atoms. The van der Waals surface area contributed by atoms with E-state index in [1.54, 1.807) is 24.5 Å². The van der Waals surface area contributed by atoms with Crippen molar-refractivity contribution in [2.45, 2.75) is 56.8 Å². The van der Waals surface area contributed by atoms with E-state index in [1.165, 1.54) is 23.5 Å². The Bertz CT molecular complexity index is 1530. The van der Waals surface area contributed by atoms with Gasteiger partial charge in [-0.1, -0.05) is 12.1 Å². The maximum Gasteiger partial charge on any atom is 0.573 e. The molecule has 10 nitrogen and oxygen atoms in total. The van der Waals surface area contributed by atoms with Crippen molar-refractivity contribution in [2.24, 2.45) is 11.8 Å². The molecule has 2 fully saturated rings. The zero-order valence-electron chi connectivity index (χ0n) is 22.4. The van der Waals surface area contributed by atoms with Gasteiger partial charge in [-0.05, 0) is 55.9 Å². The molecule has 4 aromatic rings. The first-order valence-electron chi connectivity index (χ1n) is 13.5. The number of nitrogens with zero attached hydrogens (tertiary/aromatic N) is 4. The summed E-state index contributed by atoms with van der Waals surface area (Å²) in [4.78, 5) is 18.4. The highest BCUT2D eigenvalue weighted by Gasteiger charge is 2.42. The summed E-state index contributed by atoms with van der Waals surface area (Å²) in [5.41, 5.74) is 2.73. The number of aromatic nitrogens is 4. The number of alkyl halides is 3. The van der Waals surface area contributed by atoms with Gasteiger partial charge in [0.25, 0.3) is 0 Å². The second-order valence-electron chi connectivity index (χ2n) is 10.7. The quantitative estimate of drug-likeness (QED) is 0.187. The van der Waals surface area contributed by atoms with Gasteiger partial charge >= 0.3 is 6.36 Å². The van der Waals surface area contributed by atoms with Crippen LogP contribution in [-0.2, 0) is 0 Å². The number of hydrogen-bond acceptors (Lipinski definition) is 11. The van der Waals surface area contributed by atoms with Crippen LogP contribution < -0.4 is 15.4 Å². The van der Waals surface area contributed by atoms with Gasteiger partial charge in [-0.25, -0.2) is 9.97 Å². The fourth-order valence-electron chi connectivity index (χ4n) is 5.43. The van der Waals surface area contributed by atoms with Gasteiger partial charge in [-0.15, -0.1) is 24.5 Å². The van der Waals surface area contributed by atoms with Crippen LogP contribution >= 0.6 is 11.3 Å². The number of benzene rings is 1. The number of pyridine rings is 1. The third kappa shape index (κ3) is 5.98. The van der Waals surface area contributed by atoms with Gasteiger partial charge in [-0.2, -0.15) is 4.98 Å². The van der Waals surface area contributed by atoms with Crippen molar-refractivity contribution in [1.29, 1.82) is 0 Å². The van der Waals surface area contributed by atoms with Gasteiger partial charge < -0.3 is 30.7 Å². The Morgan fingerprint density at radius 3 is 2.48 bits per heavy atom. The minimum absolute atomic E-state index is 0.244. The molecule has 0 aliphatic heterocycles. The molecule has 2 aliphatic carbocycles. The molecule has 2 aliphatic rings. The van der Waals surface area contributed by atoms with E-state index >= 15 is 0 Å². The lowest BCUT2D eigenvalue weighted by molar-refractivity contribution is -0.274. The SMILES string of the molecule is Cc1nc(N[C@@H](c2ccc(OC(F)(F)F)cc2)C2CC2)nc(N[C@@H]2C[C@H](CO)[C@@H](O)[C@H]2O)c1-c1nc2cnccc2s1. The fourth-order valence-corrected chi connectivity index (χ4v) is 6.46. The first-order valence-corrected chi connectivity index (χ1v) is 14.4. The first-order chi connectivity index (χ1) is 20.1. The molecule has 0 unspecified atom stereocenters. The average molecular weight is 603 g/mol. The van der Waals surface area contributed by atoms with Crippen molar-refractivity contribution in [3.8, 4) is 16.3 Å². The van der Waals surface area contributed by atoms with Gasteiger partial charge in [0.1, 0.15) is 28.2 Å². The Morgan fingerprint density at radius 2 is 1.83 bits per heavy atom. The van der Waals surface area contributed by atoms with Gasteiger partial charge in [0.15, 0.2) is 0 Å². The highest BCUT2D eigenvalue weighted by atomic mass is 32.1. The number of halogens is 3. The summed E-state index contributed by atoms with van der Waals surface area (Å²) in [6, 6.07) is 6.78. The maximum atomic E-state index is 12.6. The fraction of sp³-hybridized carbons (Fsp3) is 0.429. The molecule has 1 aromatic carbocycles. The van der Waals surface area contributed by atoms with Gasteiger partial charge in [-0.3, -0.25) is 4.98 Å². The van der Waals surface area contributed by atoms with Crippen molar-refractivity contribution in [2.75, 3.05) is 17.2 Å². The molecule has 5 atom stereocenters. The average Bonchev–Trinajstić information content (AvgIpc) is 3.64. The Hall–Kier alpha value is -3.59. The standard InChI is InChI=1S/C28H29F3N6O4S/c1-13-21(26-35-19-11-32-9-8-20(19)42-26)25(34-18-10-16(12-38)23(39)24(18)40)37-27(33-13)36-22(14-2-3-14)15-4-6-17(7-5-15)41-28(29,30)31/h4-9,11,14,16,18,22-24,38-40H,2-3,10,12H2,1H3,(H2,33,34,36,37)/t16-,18-,22-,23-,24+/m1/s1. The summed E-state index contributed by atoms with van der Waals surface area (Å²) < 4.78 is 42.9. The van der Waals surface area contributed by atoms with Crippen molar-refractivity contribution >= 4 is 33.3 Å². The molecule has 2 saturated carbocycles. The van der Waals surface area contributed by atoms with Crippen LogP contribution in [0.25, 0.3) is 20.8 Å². The molecule has 0 radical (unpaired) electrons. The number of hydrogen-bond donors (Lipinski definition) is 5. The molecule has 0 saturated heterocycles. The summed E-state index contributed by atoms with van der Waals surface area (Å²) >= 11 is 1.44.